The lowest BCUT2D eigenvalue weighted by atomic mass is 9.93. The van der Waals surface area contributed by atoms with Gasteiger partial charge in [0.2, 0.25) is 0 Å². The first-order valence-corrected chi connectivity index (χ1v) is 6.27. The van der Waals surface area contributed by atoms with Gasteiger partial charge in [-0.15, -0.1) is 0 Å². The van der Waals surface area contributed by atoms with E-state index in [9.17, 15) is 18.7 Å². The van der Waals surface area contributed by atoms with Crippen LogP contribution in [0.15, 0.2) is 18.2 Å². The Morgan fingerprint density at radius 1 is 1.26 bits per heavy atom. The largest absolute Gasteiger partial charge is 0.391 e. The van der Waals surface area contributed by atoms with E-state index in [1.54, 1.807) is 0 Å². The summed E-state index contributed by atoms with van der Waals surface area (Å²) >= 11 is 0. The molecule has 2 amide bonds. The SMILES string of the molecule is O=C(Nc1ccc(F)cc1F)N[C@H]1CCCC[C@@H]1O. The molecule has 0 bridgehead atoms. The van der Waals surface area contributed by atoms with Gasteiger partial charge in [0.05, 0.1) is 17.8 Å². The van der Waals surface area contributed by atoms with Gasteiger partial charge in [0, 0.05) is 6.07 Å². The van der Waals surface area contributed by atoms with E-state index in [-0.39, 0.29) is 11.7 Å². The number of carbonyl (C=O) groups is 1. The van der Waals surface area contributed by atoms with Crippen molar-refractivity contribution in [3.63, 3.8) is 0 Å². The highest BCUT2D eigenvalue weighted by atomic mass is 19.1. The molecule has 0 spiro atoms. The molecule has 1 aromatic carbocycles. The molecule has 0 aliphatic heterocycles. The third-order valence-electron chi connectivity index (χ3n) is 3.23. The van der Waals surface area contributed by atoms with Crippen molar-refractivity contribution in [1.82, 2.24) is 5.32 Å². The number of aliphatic hydroxyl groups is 1. The van der Waals surface area contributed by atoms with Crippen LogP contribution >= 0.6 is 0 Å². The van der Waals surface area contributed by atoms with Gasteiger partial charge in [0.25, 0.3) is 0 Å². The van der Waals surface area contributed by atoms with Crippen LogP contribution in [0.1, 0.15) is 25.7 Å². The number of amides is 2. The minimum atomic E-state index is -0.834. The lowest BCUT2D eigenvalue weighted by molar-refractivity contribution is 0.0955. The third-order valence-corrected chi connectivity index (χ3v) is 3.23. The molecule has 1 aliphatic rings. The first kappa shape index (κ1) is 13.7. The molecule has 0 aromatic heterocycles. The highest BCUT2D eigenvalue weighted by Crippen LogP contribution is 2.19. The van der Waals surface area contributed by atoms with Crippen molar-refractivity contribution in [3.8, 4) is 0 Å². The molecule has 1 fully saturated rings. The van der Waals surface area contributed by atoms with Crippen LogP contribution in [0.4, 0.5) is 19.3 Å². The average molecular weight is 270 g/mol. The van der Waals surface area contributed by atoms with Gasteiger partial charge < -0.3 is 15.7 Å². The zero-order chi connectivity index (χ0) is 13.8. The molecule has 104 valence electrons. The van der Waals surface area contributed by atoms with Crippen LogP contribution in [0.25, 0.3) is 0 Å². The Morgan fingerprint density at radius 3 is 2.68 bits per heavy atom. The molecule has 1 aromatic rings. The summed E-state index contributed by atoms with van der Waals surface area (Å²) in [4.78, 5) is 11.7. The Morgan fingerprint density at radius 2 is 2.00 bits per heavy atom. The molecule has 6 heteroatoms. The van der Waals surface area contributed by atoms with Crippen LogP contribution in [0.2, 0.25) is 0 Å². The number of anilines is 1. The molecule has 0 saturated heterocycles. The van der Waals surface area contributed by atoms with Crippen molar-refractivity contribution in [1.29, 1.82) is 0 Å². The van der Waals surface area contributed by atoms with E-state index in [1.165, 1.54) is 0 Å². The molecule has 2 atom stereocenters. The van der Waals surface area contributed by atoms with E-state index in [0.717, 1.165) is 25.0 Å². The molecular weight excluding hydrogens is 254 g/mol. The molecule has 4 nitrogen and oxygen atoms in total. The van der Waals surface area contributed by atoms with Gasteiger partial charge in [0.15, 0.2) is 0 Å². The molecule has 1 aliphatic carbocycles. The lowest BCUT2D eigenvalue weighted by Crippen LogP contribution is -2.46. The van der Waals surface area contributed by atoms with Gasteiger partial charge in [-0.05, 0) is 25.0 Å². The Bertz CT molecular complexity index is 468. The van der Waals surface area contributed by atoms with Gasteiger partial charge >= 0.3 is 6.03 Å². The smallest absolute Gasteiger partial charge is 0.319 e. The molecule has 0 heterocycles. The van der Waals surface area contributed by atoms with E-state index >= 15 is 0 Å². The summed E-state index contributed by atoms with van der Waals surface area (Å²) in [5.74, 6) is -1.54. The van der Waals surface area contributed by atoms with Crippen molar-refractivity contribution in [2.75, 3.05) is 5.32 Å². The van der Waals surface area contributed by atoms with E-state index in [4.69, 9.17) is 0 Å². The number of benzene rings is 1. The van der Waals surface area contributed by atoms with Crippen molar-refractivity contribution < 1.29 is 18.7 Å². The first-order chi connectivity index (χ1) is 9.06. The summed E-state index contributed by atoms with van der Waals surface area (Å²) in [6.45, 7) is 0. The Kier molecular flexibility index (Phi) is 4.31. The lowest BCUT2D eigenvalue weighted by Gasteiger charge is -2.28. The summed E-state index contributed by atoms with van der Waals surface area (Å²) in [6.07, 6.45) is 2.65. The summed E-state index contributed by atoms with van der Waals surface area (Å²) in [5, 5.41) is 14.6. The second-order valence-corrected chi connectivity index (χ2v) is 4.68. The number of rotatable bonds is 2. The second-order valence-electron chi connectivity index (χ2n) is 4.68. The van der Waals surface area contributed by atoms with Crippen molar-refractivity contribution >= 4 is 11.7 Å². The maximum atomic E-state index is 13.3. The number of carbonyl (C=O) groups excluding carboxylic acids is 1. The van der Waals surface area contributed by atoms with Crippen LogP contribution in [0.3, 0.4) is 0 Å². The molecule has 19 heavy (non-hydrogen) atoms. The maximum absolute atomic E-state index is 13.3. The number of nitrogens with one attached hydrogen (secondary N) is 2. The minimum Gasteiger partial charge on any atom is -0.391 e. The fourth-order valence-corrected chi connectivity index (χ4v) is 2.20. The number of hydrogen-bond donors (Lipinski definition) is 3. The van der Waals surface area contributed by atoms with Crippen LogP contribution in [0, 0.1) is 11.6 Å². The topological polar surface area (TPSA) is 61.4 Å². The molecule has 0 unspecified atom stereocenters. The highest BCUT2D eigenvalue weighted by Gasteiger charge is 2.24. The fraction of sp³-hybridized carbons (Fsp3) is 0.462. The quantitative estimate of drug-likeness (QED) is 0.772. The van der Waals surface area contributed by atoms with E-state index < -0.39 is 23.8 Å². The summed E-state index contributed by atoms with van der Waals surface area (Å²) in [5.41, 5.74) is -0.0933. The van der Waals surface area contributed by atoms with E-state index in [0.29, 0.717) is 18.9 Å². The van der Waals surface area contributed by atoms with Crippen molar-refractivity contribution in [3.05, 3.63) is 29.8 Å². The molecule has 0 radical (unpaired) electrons. The standard InChI is InChI=1S/C13H16F2N2O2/c14-8-5-6-10(9(15)7-8)16-13(19)17-11-3-1-2-4-12(11)18/h5-7,11-12,18H,1-4H2,(H2,16,17,19)/t11-,12-/m0/s1. The number of halogens is 2. The van der Waals surface area contributed by atoms with Crippen molar-refractivity contribution in [2.24, 2.45) is 0 Å². The Balaban J connectivity index is 1.93. The molecular formula is C13H16F2N2O2. The van der Waals surface area contributed by atoms with Gasteiger partial charge in [0.1, 0.15) is 11.6 Å². The zero-order valence-electron chi connectivity index (χ0n) is 10.3. The predicted molar refractivity (Wildman–Crippen MR) is 66.8 cm³/mol. The minimum absolute atomic E-state index is 0.0933. The van der Waals surface area contributed by atoms with Crippen LogP contribution < -0.4 is 10.6 Å². The Hall–Kier alpha value is -1.69. The summed E-state index contributed by atoms with van der Waals surface area (Å²) in [7, 11) is 0. The number of urea groups is 1. The van der Waals surface area contributed by atoms with Crippen LogP contribution in [-0.2, 0) is 0 Å². The third kappa shape index (κ3) is 3.64. The molecule has 3 N–H and O–H groups in total. The van der Waals surface area contributed by atoms with Crippen molar-refractivity contribution in [2.45, 2.75) is 37.8 Å². The predicted octanol–water partition coefficient (Wildman–Crippen LogP) is 2.39. The monoisotopic (exact) mass is 270 g/mol. The fourth-order valence-electron chi connectivity index (χ4n) is 2.20. The summed E-state index contributed by atoms with van der Waals surface area (Å²) in [6, 6.07) is 1.99. The second kappa shape index (κ2) is 5.97. The van der Waals surface area contributed by atoms with Gasteiger partial charge in [-0.2, -0.15) is 0 Å². The normalized spacial score (nSPS) is 22.9. The summed E-state index contributed by atoms with van der Waals surface area (Å²) < 4.78 is 26.0. The molecule has 2 rings (SSSR count). The van der Waals surface area contributed by atoms with E-state index in [1.807, 2.05) is 0 Å². The average Bonchev–Trinajstić information content (AvgIpc) is 2.36. The van der Waals surface area contributed by atoms with Crippen LogP contribution in [-0.4, -0.2) is 23.3 Å². The number of hydrogen-bond acceptors (Lipinski definition) is 2. The molecule has 1 saturated carbocycles. The van der Waals surface area contributed by atoms with Gasteiger partial charge in [-0.3, -0.25) is 0 Å². The van der Waals surface area contributed by atoms with Gasteiger partial charge in [-0.1, -0.05) is 12.8 Å². The van der Waals surface area contributed by atoms with E-state index in [2.05, 4.69) is 10.6 Å². The highest BCUT2D eigenvalue weighted by molar-refractivity contribution is 5.89. The van der Waals surface area contributed by atoms with Gasteiger partial charge in [-0.25, -0.2) is 13.6 Å². The zero-order valence-corrected chi connectivity index (χ0v) is 10.3. The Labute approximate surface area is 109 Å². The number of aliphatic hydroxyl groups excluding tert-OH is 1. The van der Waals surface area contributed by atoms with Crippen LogP contribution in [0.5, 0.6) is 0 Å². The maximum Gasteiger partial charge on any atom is 0.319 e. The first-order valence-electron chi connectivity index (χ1n) is 6.27.